The predicted octanol–water partition coefficient (Wildman–Crippen LogP) is 4.89. The zero-order chi connectivity index (χ0) is 23.2. The maximum atomic E-state index is 13.5. The van der Waals surface area contributed by atoms with Crippen LogP contribution < -0.4 is 4.90 Å². The fourth-order valence-electron chi connectivity index (χ4n) is 6.07. The largest absolute Gasteiger partial charge is 0.463 e. The van der Waals surface area contributed by atoms with E-state index in [0.29, 0.717) is 18.2 Å². The first kappa shape index (κ1) is 21.1. The molecule has 1 unspecified atom stereocenters. The van der Waals surface area contributed by atoms with E-state index in [-0.39, 0.29) is 11.9 Å². The summed E-state index contributed by atoms with van der Waals surface area (Å²) in [6.07, 6.45) is 4.24. The number of carbonyl (C=O) groups is 2. The molecule has 2 heterocycles. The Morgan fingerprint density at radius 2 is 1.79 bits per heavy atom. The van der Waals surface area contributed by atoms with E-state index < -0.39 is 5.97 Å². The molecule has 1 amide bonds. The van der Waals surface area contributed by atoms with Crippen LogP contribution in [-0.4, -0.2) is 42.5 Å². The van der Waals surface area contributed by atoms with Gasteiger partial charge in [0, 0.05) is 36.8 Å². The minimum absolute atomic E-state index is 0.0919. The first-order valence-corrected chi connectivity index (χ1v) is 12.2. The smallest absolute Gasteiger partial charge is 0.331 e. The van der Waals surface area contributed by atoms with Gasteiger partial charge in [-0.1, -0.05) is 54.6 Å². The van der Waals surface area contributed by atoms with Gasteiger partial charge in [-0.05, 0) is 54.2 Å². The summed E-state index contributed by atoms with van der Waals surface area (Å²) in [5, 5.41) is 2.75. The number of para-hydroxylation sites is 1. The Morgan fingerprint density at radius 3 is 2.59 bits per heavy atom. The van der Waals surface area contributed by atoms with Gasteiger partial charge in [-0.2, -0.15) is 0 Å². The van der Waals surface area contributed by atoms with Crippen molar-refractivity contribution < 1.29 is 14.3 Å². The van der Waals surface area contributed by atoms with Crippen LogP contribution in [0, 0.1) is 0 Å². The molecule has 34 heavy (non-hydrogen) atoms. The van der Waals surface area contributed by atoms with Gasteiger partial charge in [-0.25, -0.2) is 4.79 Å². The number of likely N-dealkylation sites (tertiary alicyclic amines) is 1. The number of anilines is 1. The average Bonchev–Trinajstić information content (AvgIpc) is 3.37. The summed E-state index contributed by atoms with van der Waals surface area (Å²) < 4.78 is 5.08. The second-order valence-electron chi connectivity index (χ2n) is 9.35. The summed E-state index contributed by atoms with van der Waals surface area (Å²) in [6.45, 7) is 3.95. The van der Waals surface area contributed by atoms with Crippen LogP contribution in [0.25, 0.3) is 16.3 Å². The van der Waals surface area contributed by atoms with E-state index in [4.69, 9.17) is 4.74 Å². The second kappa shape index (κ2) is 8.41. The van der Waals surface area contributed by atoms with Gasteiger partial charge in [-0.3, -0.25) is 9.69 Å². The van der Waals surface area contributed by atoms with Crippen LogP contribution in [0.3, 0.4) is 0 Å². The van der Waals surface area contributed by atoms with Gasteiger partial charge < -0.3 is 9.64 Å². The zero-order valence-corrected chi connectivity index (χ0v) is 19.4. The van der Waals surface area contributed by atoms with Crippen molar-refractivity contribution in [3.05, 3.63) is 83.4 Å². The van der Waals surface area contributed by atoms with E-state index in [9.17, 15) is 9.59 Å². The van der Waals surface area contributed by atoms with Gasteiger partial charge in [0.05, 0.1) is 17.9 Å². The fraction of sp³-hybridized carbons (Fsp3) is 0.310. The molecule has 1 saturated heterocycles. The lowest BCUT2D eigenvalue weighted by atomic mass is 9.98. The molecule has 0 saturated carbocycles. The van der Waals surface area contributed by atoms with Crippen LogP contribution in [0.4, 0.5) is 5.69 Å². The highest BCUT2D eigenvalue weighted by molar-refractivity contribution is 6.34. The van der Waals surface area contributed by atoms with Crippen molar-refractivity contribution in [3.63, 3.8) is 0 Å². The molecule has 5 heteroatoms. The van der Waals surface area contributed by atoms with E-state index in [0.717, 1.165) is 43.6 Å². The molecular weight excluding hydrogens is 424 g/mol. The number of rotatable bonds is 4. The number of hydrogen-bond acceptors (Lipinski definition) is 4. The Hall–Kier alpha value is -3.44. The summed E-state index contributed by atoms with van der Waals surface area (Å²) in [7, 11) is 0. The number of esters is 1. The Balaban J connectivity index is 1.22. The third kappa shape index (κ3) is 3.34. The van der Waals surface area contributed by atoms with Crippen LogP contribution in [0.5, 0.6) is 0 Å². The summed E-state index contributed by atoms with van der Waals surface area (Å²) >= 11 is 0. The minimum Gasteiger partial charge on any atom is -0.463 e. The lowest BCUT2D eigenvalue weighted by Gasteiger charge is -2.39. The molecule has 3 aromatic carbocycles. The van der Waals surface area contributed by atoms with Gasteiger partial charge in [0.15, 0.2) is 0 Å². The third-order valence-corrected chi connectivity index (χ3v) is 7.55. The van der Waals surface area contributed by atoms with Crippen molar-refractivity contribution in [2.75, 3.05) is 24.6 Å². The molecule has 3 aromatic rings. The van der Waals surface area contributed by atoms with Crippen LogP contribution >= 0.6 is 0 Å². The van der Waals surface area contributed by atoms with Crippen molar-refractivity contribution in [1.29, 1.82) is 0 Å². The number of nitrogens with zero attached hydrogens (tertiary/aromatic N) is 2. The Kier molecular flexibility index (Phi) is 5.22. The van der Waals surface area contributed by atoms with Gasteiger partial charge in [0.25, 0.3) is 5.91 Å². The number of hydrogen-bond donors (Lipinski definition) is 0. The quantitative estimate of drug-likeness (QED) is 0.418. The second-order valence-corrected chi connectivity index (χ2v) is 9.35. The van der Waals surface area contributed by atoms with E-state index in [2.05, 4.69) is 41.3 Å². The van der Waals surface area contributed by atoms with E-state index in [1.54, 1.807) is 6.92 Å². The molecule has 1 fully saturated rings. The van der Waals surface area contributed by atoms with Gasteiger partial charge in [-0.15, -0.1) is 0 Å². The topological polar surface area (TPSA) is 49.9 Å². The average molecular weight is 453 g/mol. The number of amides is 1. The highest BCUT2D eigenvalue weighted by Gasteiger charge is 2.40. The standard InChI is InChI=1S/C29H28N2O3/c1-2-34-27(32)18-24-22-10-3-4-12-25(22)31(29(24)33)21-13-15-30(16-14-21)26-17-20-9-5-7-19-8-6-11-23(26)28(19)20/h3-12,18,21,26H,2,13-17H2,1H3/b24-18+. The normalized spacial score (nSPS) is 21.4. The monoisotopic (exact) mass is 452 g/mol. The van der Waals surface area contributed by atoms with Crippen molar-refractivity contribution in [1.82, 2.24) is 4.90 Å². The van der Waals surface area contributed by atoms with Crippen molar-refractivity contribution >= 4 is 33.9 Å². The van der Waals surface area contributed by atoms with E-state index in [1.807, 2.05) is 29.2 Å². The van der Waals surface area contributed by atoms with Crippen molar-refractivity contribution in [3.8, 4) is 0 Å². The molecule has 0 bridgehead atoms. The summed E-state index contributed by atoms with van der Waals surface area (Å²) in [6, 6.07) is 21.6. The minimum atomic E-state index is -0.465. The van der Waals surface area contributed by atoms with Crippen molar-refractivity contribution in [2.24, 2.45) is 0 Å². The molecule has 5 nitrogen and oxygen atoms in total. The van der Waals surface area contributed by atoms with E-state index in [1.165, 1.54) is 28.0 Å². The van der Waals surface area contributed by atoms with Crippen LogP contribution in [-0.2, 0) is 20.7 Å². The number of ether oxygens (including phenoxy) is 1. The first-order valence-electron chi connectivity index (χ1n) is 12.2. The van der Waals surface area contributed by atoms with Crippen LogP contribution in [0.1, 0.15) is 42.5 Å². The van der Waals surface area contributed by atoms with Crippen molar-refractivity contribution in [2.45, 2.75) is 38.3 Å². The molecule has 2 aliphatic heterocycles. The molecule has 0 aromatic heterocycles. The molecule has 0 radical (unpaired) electrons. The fourth-order valence-corrected chi connectivity index (χ4v) is 6.07. The lowest BCUT2D eigenvalue weighted by Crippen LogP contribution is -2.47. The van der Waals surface area contributed by atoms with Crippen LogP contribution in [0.2, 0.25) is 0 Å². The molecular formula is C29H28N2O3. The van der Waals surface area contributed by atoms with Gasteiger partial charge >= 0.3 is 5.97 Å². The molecule has 6 rings (SSSR count). The molecule has 0 spiro atoms. The maximum Gasteiger partial charge on any atom is 0.331 e. The summed E-state index contributed by atoms with van der Waals surface area (Å²) in [5.41, 5.74) is 5.04. The zero-order valence-electron chi connectivity index (χ0n) is 19.4. The Bertz CT molecular complexity index is 1310. The third-order valence-electron chi connectivity index (χ3n) is 7.55. The molecule has 1 atom stereocenters. The van der Waals surface area contributed by atoms with Crippen LogP contribution in [0.15, 0.2) is 66.7 Å². The number of fused-ring (bicyclic) bond motifs is 1. The summed E-state index contributed by atoms with van der Waals surface area (Å²) in [5.74, 6) is -0.557. The Labute approximate surface area is 199 Å². The van der Waals surface area contributed by atoms with Gasteiger partial charge in [0.1, 0.15) is 0 Å². The lowest BCUT2D eigenvalue weighted by molar-refractivity contribution is -0.137. The number of benzene rings is 3. The molecule has 0 N–H and O–H groups in total. The predicted molar refractivity (Wildman–Crippen MR) is 134 cm³/mol. The highest BCUT2D eigenvalue weighted by Crippen LogP contribution is 2.43. The molecule has 172 valence electrons. The number of carbonyl (C=O) groups excluding carboxylic acids is 2. The summed E-state index contributed by atoms with van der Waals surface area (Å²) in [4.78, 5) is 30.1. The number of piperidine rings is 1. The Morgan fingerprint density at radius 1 is 1.03 bits per heavy atom. The first-order chi connectivity index (χ1) is 16.7. The van der Waals surface area contributed by atoms with Gasteiger partial charge in [0.2, 0.25) is 0 Å². The highest BCUT2D eigenvalue weighted by atomic mass is 16.5. The molecule has 3 aliphatic rings. The maximum absolute atomic E-state index is 13.5. The van der Waals surface area contributed by atoms with E-state index >= 15 is 0 Å². The SMILES string of the molecule is CCOC(=O)/C=C1/C(=O)N(C2CCN(C3Cc4cccc5cccc3c45)CC2)c2ccccc21. The molecule has 1 aliphatic carbocycles.